The van der Waals surface area contributed by atoms with E-state index in [0.29, 0.717) is 0 Å². The maximum absolute atomic E-state index is 2.27. The molecule has 0 nitrogen and oxygen atoms in total. The van der Waals surface area contributed by atoms with Gasteiger partial charge in [-0.25, -0.2) is 0 Å². The summed E-state index contributed by atoms with van der Waals surface area (Å²) < 4.78 is 0. The van der Waals surface area contributed by atoms with E-state index in [0.717, 1.165) is 0 Å². The van der Waals surface area contributed by atoms with Crippen molar-refractivity contribution in [1.29, 1.82) is 0 Å². The largest absolute Gasteiger partial charge is 0.0683 e. The van der Waals surface area contributed by atoms with Crippen LogP contribution in [0.15, 0.2) is 194 Å². The van der Waals surface area contributed by atoms with Gasteiger partial charge in [0.2, 0.25) is 0 Å². The van der Waals surface area contributed by atoms with E-state index in [1.165, 1.54) is 89.0 Å². The molecule has 0 saturated carbocycles. The van der Waals surface area contributed by atoms with Gasteiger partial charge in [-0.15, -0.1) is 0 Å². The average Bonchev–Trinajstić information content (AvgIpc) is 3.45. The molecule has 8 rings (SSSR count). The molecule has 0 unspecified atom stereocenters. The van der Waals surface area contributed by atoms with Crippen LogP contribution in [0.2, 0.25) is 0 Å². The minimum absolute atomic E-state index is 1.27. The Bertz CT molecular complexity index is 2280. The van der Waals surface area contributed by atoms with E-state index < -0.39 is 0 Å². The van der Waals surface area contributed by atoms with Crippen LogP contribution in [-0.4, -0.2) is 0 Å². The summed E-state index contributed by atoms with van der Waals surface area (Å²) in [7, 11) is 0. The minimum atomic E-state index is 1.27. The molecule has 8 aromatic carbocycles. The molecule has 406 valence electrons. The Balaban J connectivity index is -0.000000260. The van der Waals surface area contributed by atoms with Gasteiger partial charge in [0, 0.05) is 0 Å². The molecule has 0 heterocycles. The highest BCUT2D eigenvalue weighted by atomic mass is 14.1. The number of benzene rings is 8. The van der Waals surface area contributed by atoms with Crippen molar-refractivity contribution in [2.45, 2.75) is 180 Å². The second-order valence-electron chi connectivity index (χ2n) is 15.5. The first-order chi connectivity index (χ1) is 35.9. The van der Waals surface area contributed by atoms with Gasteiger partial charge >= 0.3 is 0 Å². The number of hydrogen-bond acceptors (Lipinski definition) is 0. The van der Waals surface area contributed by atoms with E-state index in [-0.39, 0.29) is 0 Å². The molecule has 0 amide bonds. The van der Waals surface area contributed by atoms with Crippen LogP contribution in [0.4, 0.5) is 0 Å². The highest BCUT2D eigenvalue weighted by molar-refractivity contribution is 5.73. The zero-order chi connectivity index (χ0) is 57.9. The van der Waals surface area contributed by atoms with Gasteiger partial charge in [-0.05, 0) is 120 Å². The van der Waals surface area contributed by atoms with Crippen LogP contribution in [-0.2, 0) is 0 Å². The van der Waals surface area contributed by atoms with Crippen molar-refractivity contribution in [3.05, 3.63) is 250 Å². The highest BCUT2D eigenvalue weighted by Gasteiger charge is 2.02. The van der Waals surface area contributed by atoms with Crippen molar-refractivity contribution >= 4 is 0 Å². The van der Waals surface area contributed by atoms with Crippen LogP contribution < -0.4 is 0 Å². The predicted molar refractivity (Wildman–Crippen MR) is 347 cm³/mol. The van der Waals surface area contributed by atoms with Crippen molar-refractivity contribution in [3.63, 3.8) is 0 Å². The average molecular weight is 1000 g/mol. The van der Waals surface area contributed by atoms with E-state index >= 15 is 0 Å². The molecule has 0 aromatic heterocycles. The monoisotopic (exact) mass is 999 g/mol. The van der Waals surface area contributed by atoms with Crippen LogP contribution >= 0.6 is 0 Å². The van der Waals surface area contributed by atoms with Crippen molar-refractivity contribution < 1.29 is 0 Å². The Morgan fingerprint density at radius 1 is 0.149 bits per heavy atom. The molecule has 0 radical (unpaired) electrons. The fourth-order valence-electron chi connectivity index (χ4n) is 6.28. The molecule has 0 saturated heterocycles. The molecule has 8 aromatic rings. The second-order valence-corrected chi connectivity index (χ2v) is 15.5. The van der Waals surface area contributed by atoms with Crippen molar-refractivity contribution in [2.75, 3.05) is 0 Å². The quantitative estimate of drug-likeness (QED) is 0.165. The first kappa shape index (κ1) is 76.7. The smallest absolute Gasteiger partial charge is 0.0178 e. The predicted octanol–water partition coefficient (Wildman–Crippen LogP) is 24.7. The maximum atomic E-state index is 2.27. The van der Waals surface area contributed by atoms with E-state index in [4.69, 9.17) is 0 Å². The second kappa shape index (κ2) is 53.1. The van der Waals surface area contributed by atoms with Gasteiger partial charge in [0.15, 0.2) is 0 Å². The zero-order valence-electron chi connectivity index (χ0n) is 52.5. The maximum Gasteiger partial charge on any atom is -0.0178 e. The van der Waals surface area contributed by atoms with Crippen molar-refractivity contribution in [3.8, 4) is 33.4 Å². The lowest BCUT2D eigenvalue weighted by Crippen LogP contribution is -1.83. The number of rotatable bonds is 3. The fourth-order valence-corrected chi connectivity index (χ4v) is 6.28. The van der Waals surface area contributed by atoms with Crippen molar-refractivity contribution in [1.82, 2.24) is 0 Å². The zero-order valence-corrected chi connectivity index (χ0v) is 52.5. The standard InChI is InChI=1S/C20H18.C14H14.3C8H10.8C2H6/c1-15-6-3-8-17(12-15)19-10-5-11-20(14-19)18-9-4-7-16(2)13-18;1-11-5-3-7-13(9-11)14-8-4-6-12(2)10-14;1-7-3-5-8(2)6-4-7;1-7-4-3-5-8(2)6-7;1-7-5-3-4-6-8(7)2;8*1-2/h3-14H,1-2H3;3-10H,1-2H3;3*3-6H,1-2H3;8*1-2H3. The summed E-state index contributed by atoms with van der Waals surface area (Å²) in [5, 5.41) is 0. The van der Waals surface area contributed by atoms with Gasteiger partial charge in [0.1, 0.15) is 0 Å². The van der Waals surface area contributed by atoms with E-state index in [1.807, 2.05) is 111 Å². The highest BCUT2D eigenvalue weighted by Crippen LogP contribution is 2.27. The van der Waals surface area contributed by atoms with Crippen LogP contribution in [0.1, 0.15) is 166 Å². The van der Waals surface area contributed by atoms with Crippen LogP contribution in [0, 0.1) is 69.2 Å². The molecule has 0 N–H and O–H groups in total. The van der Waals surface area contributed by atoms with Crippen LogP contribution in [0.3, 0.4) is 0 Å². The summed E-state index contributed by atoms with van der Waals surface area (Å²) in [5.74, 6) is 0. The minimum Gasteiger partial charge on any atom is -0.0683 e. The molecular weight excluding hydrogens is 889 g/mol. The SMILES string of the molecule is CC.CC.CC.CC.CC.CC.CC.CC.Cc1ccc(C)cc1.Cc1cccc(-c2cccc(-c3cccc(C)c3)c2)c1.Cc1cccc(-c2cccc(C)c2)c1.Cc1cccc(C)c1.Cc1ccccc1C. The Labute approximate surface area is 460 Å². The number of hydrogen-bond donors (Lipinski definition) is 0. The molecule has 0 fully saturated rings. The lowest BCUT2D eigenvalue weighted by Gasteiger charge is -2.07. The van der Waals surface area contributed by atoms with Gasteiger partial charge < -0.3 is 0 Å². The summed E-state index contributed by atoms with van der Waals surface area (Å²) in [6.45, 7) is 53.2. The first-order valence-corrected chi connectivity index (χ1v) is 28.3. The van der Waals surface area contributed by atoms with Gasteiger partial charge in [-0.1, -0.05) is 343 Å². The Morgan fingerprint density at radius 2 is 0.324 bits per heavy atom. The Morgan fingerprint density at radius 3 is 0.500 bits per heavy atom. The van der Waals surface area contributed by atoms with Crippen LogP contribution in [0.25, 0.3) is 33.4 Å². The topological polar surface area (TPSA) is 0 Å². The molecule has 0 aliphatic rings. The summed E-state index contributed by atoms with van der Waals surface area (Å²) in [6, 6.07) is 68.5. The molecule has 74 heavy (non-hydrogen) atoms. The van der Waals surface area contributed by atoms with E-state index in [9.17, 15) is 0 Å². The summed E-state index contributed by atoms with van der Waals surface area (Å²) >= 11 is 0. The third-order valence-electron chi connectivity index (χ3n) is 9.75. The molecule has 0 aliphatic carbocycles. The van der Waals surface area contributed by atoms with Crippen molar-refractivity contribution in [2.24, 2.45) is 0 Å². The Kier molecular flexibility index (Phi) is 55.0. The van der Waals surface area contributed by atoms with Gasteiger partial charge in [-0.3, -0.25) is 0 Å². The van der Waals surface area contributed by atoms with E-state index in [1.54, 1.807) is 0 Å². The fraction of sp³-hybridized carbons (Fsp3) is 0.351. The number of aryl methyl sites for hydroxylation is 10. The molecule has 0 heteroatoms. The molecule has 0 atom stereocenters. The summed E-state index contributed by atoms with van der Waals surface area (Å²) in [4.78, 5) is 0. The lowest BCUT2D eigenvalue weighted by molar-refractivity contribution is 1.34. The molecule has 0 aliphatic heterocycles. The van der Waals surface area contributed by atoms with Gasteiger partial charge in [0.25, 0.3) is 0 Å². The van der Waals surface area contributed by atoms with Crippen LogP contribution in [0.5, 0.6) is 0 Å². The van der Waals surface area contributed by atoms with Gasteiger partial charge in [-0.2, -0.15) is 0 Å². The Hall–Kier alpha value is -6.24. The third-order valence-corrected chi connectivity index (χ3v) is 9.75. The first-order valence-electron chi connectivity index (χ1n) is 28.3. The normalized spacial score (nSPS) is 8.41. The molecule has 0 bridgehead atoms. The summed E-state index contributed by atoms with van der Waals surface area (Å²) in [6.07, 6.45) is 0. The molecular formula is C74H110. The summed E-state index contributed by atoms with van der Waals surface area (Å²) in [5.41, 5.74) is 21.0. The molecule has 0 spiro atoms. The van der Waals surface area contributed by atoms with Gasteiger partial charge in [0.05, 0.1) is 0 Å². The third kappa shape index (κ3) is 36.6. The lowest BCUT2D eigenvalue weighted by atomic mass is 9.97. The van der Waals surface area contributed by atoms with E-state index in [2.05, 4.69) is 263 Å².